The highest BCUT2D eigenvalue weighted by Crippen LogP contribution is 2.36. The number of nitriles is 1. The molecule has 6 nitrogen and oxygen atoms in total. The molecule has 1 aromatic rings. The van der Waals surface area contributed by atoms with Gasteiger partial charge in [-0.2, -0.15) is 5.26 Å². The van der Waals surface area contributed by atoms with E-state index in [-0.39, 0.29) is 18.2 Å². The Kier molecular flexibility index (Phi) is 5.21. The molecule has 0 unspecified atom stereocenters. The van der Waals surface area contributed by atoms with Gasteiger partial charge in [-0.05, 0) is 49.9 Å². The minimum atomic E-state index is -0.0563. The summed E-state index contributed by atoms with van der Waals surface area (Å²) in [5, 5.41) is 11.7. The van der Waals surface area contributed by atoms with Crippen LogP contribution in [0.5, 0.6) is 5.75 Å². The first kappa shape index (κ1) is 16.6. The number of nitrogens with zero attached hydrogens (tertiary/aromatic N) is 2. The topological polar surface area (TPSA) is 74.6 Å². The van der Waals surface area contributed by atoms with Crippen LogP contribution in [0, 0.1) is 17.2 Å². The number of morpholine rings is 1. The molecular formula is C18H23N3O3. The summed E-state index contributed by atoms with van der Waals surface area (Å²) in [6.45, 7) is 4.16. The number of amides is 2. The molecule has 0 aromatic heterocycles. The Morgan fingerprint density at radius 3 is 2.79 bits per heavy atom. The Hall–Kier alpha value is -2.26. The second-order valence-electron chi connectivity index (χ2n) is 6.44. The molecule has 1 aliphatic carbocycles. The smallest absolute Gasteiger partial charge is 0.317 e. The van der Waals surface area contributed by atoms with Crippen LogP contribution in [0.4, 0.5) is 4.79 Å². The van der Waals surface area contributed by atoms with Crippen molar-refractivity contribution >= 4 is 6.03 Å². The molecule has 0 bridgehead atoms. The number of benzene rings is 1. The molecule has 0 radical (unpaired) electrons. The molecular weight excluding hydrogens is 306 g/mol. The average Bonchev–Trinajstić information content (AvgIpc) is 3.43. The number of hydrogen-bond acceptors (Lipinski definition) is 4. The monoisotopic (exact) mass is 329 g/mol. The normalized spacial score (nSPS) is 23.4. The third-order valence-electron chi connectivity index (χ3n) is 4.35. The summed E-state index contributed by atoms with van der Waals surface area (Å²) in [5.41, 5.74) is 0.599. The van der Waals surface area contributed by atoms with Crippen molar-refractivity contribution in [2.24, 2.45) is 5.92 Å². The third-order valence-corrected chi connectivity index (χ3v) is 4.35. The molecule has 1 saturated carbocycles. The molecule has 1 heterocycles. The van der Waals surface area contributed by atoms with Crippen LogP contribution in [-0.4, -0.2) is 49.4 Å². The van der Waals surface area contributed by atoms with Crippen LogP contribution >= 0.6 is 0 Å². The van der Waals surface area contributed by atoms with E-state index in [0.29, 0.717) is 43.5 Å². The van der Waals surface area contributed by atoms with Crippen LogP contribution < -0.4 is 10.1 Å². The zero-order valence-electron chi connectivity index (χ0n) is 13.9. The minimum absolute atomic E-state index is 0.0563. The fraction of sp³-hybridized carbons (Fsp3) is 0.556. The molecule has 1 saturated heterocycles. The predicted octanol–water partition coefficient (Wildman–Crippen LogP) is 2.15. The molecule has 1 N–H and O–H groups in total. The van der Waals surface area contributed by atoms with Crippen molar-refractivity contribution in [3.8, 4) is 11.8 Å². The van der Waals surface area contributed by atoms with Gasteiger partial charge < -0.3 is 19.7 Å². The zero-order valence-corrected chi connectivity index (χ0v) is 13.9. The van der Waals surface area contributed by atoms with E-state index in [2.05, 4.69) is 11.4 Å². The maximum atomic E-state index is 12.3. The summed E-state index contributed by atoms with van der Waals surface area (Å²) >= 11 is 0. The quantitative estimate of drug-likeness (QED) is 0.840. The van der Waals surface area contributed by atoms with Crippen molar-refractivity contribution in [1.29, 1.82) is 5.26 Å². The Bertz CT molecular complexity index is 607. The van der Waals surface area contributed by atoms with Gasteiger partial charge in [0.2, 0.25) is 0 Å². The lowest BCUT2D eigenvalue weighted by Gasteiger charge is -2.37. The number of hydrogen-bond donors (Lipinski definition) is 1. The summed E-state index contributed by atoms with van der Waals surface area (Å²) in [4.78, 5) is 14.1. The highest BCUT2D eigenvalue weighted by Gasteiger charge is 2.38. The van der Waals surface area contributed by atoms with Crippen molar-refractivity contribution in [2.45, 2.75) is 32.0 Å². The second kappa shape index (κ2) is 7.54. The van der Waals surface area contributed by atoms with Crippen LogP contribution in [0.15, 0.2) is 24.3 Å². The van der Waals surface area contributed by atoms with Crippen molar-refractivity contribution < 1.29 is 14.3 Å². The van der Waals surface area contributed by atoms with E-state index in [1.165, 1.54) is 12.8 Å². The maximum Gasteiger partial charge on any atom is 0.317 e. The molecule has 1 aromatic carbocycles. The van der Waals surface area contributed by atoms with Crippen molar-refractivity contribution in [1.82, 2.24) is 10.2 Å². The van der Waals surface area contributed by atoms with Crippen molar-refractivity contribution in [3.63, 3.8) is 0 Å². The van der Waals surface area contributed by atoms with Gasteiger partial charge >= 0.3 is 6.03 Å². The van der Waals surface area contributed by atoms with Crippen LogP contribution in [0.25, 0.3) is 0 Å². The molecule has 2 aliphatic rings. The third kappa shape index (κ3) is 4.39. The molecule has 6 heteroatoms. The highest BCUT2D eigenvalue weighted by molar-refractivity contribution is 5.74. The summed E-state index contributed by atoms with van der Waals surface area (Å²) in [5.74, 6) is 1.32. The maximum absolute atomic E-state index is 12.3. The Morgan fingerprint density at radius 1 is 1.38 bits per heavy atom. The van der Waals surface area contributed by atoms with Gasteiger partial charge in [0.15, 0.2) is 0 Å². The molecule has 2 amide bonds. The minimum Gasteiger partial charge on any atom is -0.492 e. The summed E-state index contributed by atoms with van der Waals surface area (Å²) < 4.78 is 11.5. The van der Waals surface area contributed by atoms with Gasteiger partial charge in [0.25, 0.3) is 0 Å². The standard InChI is InChI=1S/C18H23N3O3/c1-13-11-21(12-17(24-13)15-4-5-15)18(22)20-8-9-23-16-6-2-14(10-19)3-7-16/h2-3,6-7,13,15,17H,4-5,8-9,11-12H2,1H3,(H,20,22)/t13-,17-/m0/s1. The Labute approximate surface area is 142 Å². The van der Waals surface area contributed by atoms with E-state index in [1.807, 2.05) is 11.8 Å². The van der Waals surface area contributed by atoms with Gasteiger partial charge in [-0.15, -0.1) is 0 Å². The number of rotatable bonds is 5. The molecule has 0 spiro atoms. The lowest BCUT2D eigenvalue weighted by Crippen LogP contribution is -2.53. The van der Waals surface area contributed by atoms with Crippen LogP contribution in [0.2, 0.25) is 0 Å². The number of urea groups is 1. The van der Waals surface area contributed by atoms with E-state index >= 15 is 0 Å². The number of nitrogens with one attached hydrogen (secondary N) is 1. The number of carbonyl (C=O) groups is 1. The first-order valence-corrected chi connectivity index (χ1v) is 8.47. The van der Waals surface area contributed by atoms with Crippen molar-refractivity contribution in [3.05, 3.63) is 29.8 Å². The van der Waals surface area contributed by atoms with E-state index < -0.39 is 0 Å². The molecule has 128 valence electrons. The van der Waals surface area contributed by atoms with Crippen LogP contribution in [0.1, 0.15) is 25.3 Å². The lowest BCUT2D eigenvalue weighted by molar-refractivity contribution is -0.0731. The van der Waals surface area contributed by atoms with E-state index in [0.717, 1.165) is 0 Å². The van der Waals surface area contributed by atoms with Gasteiger partial charge in [-0.3, -0.25) is 0 Å². The summed E-state index contributed by atoms with van der Waals surface area (Å²) in [6, 6.07) is 8.93. The van der Waals surface area contributed by atoms with Crippen molar-refractivity contribution in [2.75, 3.05) is 26.2 Å². The molecule has 2 fully saturated rings. The highest BCUT2D eigenvalue weighted by atomic mass is 16.5. The van der Waals surface area contributed by atoms with Gasteiger partial charge in [-0.25, -0.2) is 4.79 Å². The first-order valence-electron chi connectivity index (χ1n) is 8.47. The van der Waals surface area contributed by atoms with Gasteiger partial charge in [0.05, 0.1) is 30.4 Å². The molecule has 2 atom stereocenters. The molecule has 1 aliphatic heterocycles. The summed E-state index contributed by atoms with van der Waals surface area (Å²) in [6.07, 6.45) is 2.70. The molecule has 3 rings (SSSR count). The second-order valence-corrected chi connectivity index (χ2v) is 6.44. The van der Waals surface area contributed by atoms with Gasteiger partial charge in [-0.1, -0.05) is 0 Å². The predicted molar refractivity (Wildman–Crippen MR) is 88.7 cm³/mol. The number of ether oxygens (including phenoxy) is 2. The largest absolute Gasteiger partial charge is 0.492 e. The fourth-order valence-corrected chi connectivity index (χ4v) is 2.94. The Morgan fingerprint density at radius 2 is 2.12 bits per heavy atom. The van der Waals surface area contributed by atoms with E-state index in [4.69, 9.17) is 14.7 Å². The van der Waals surface area contributed by atoms with Gasteiger partial charge in [0.1, 0.15) is 12.4 Å². The van der Waals surface area contributed by atoms with Crippen LogP contribution in [-0.2, 0) is 4.74 Å². The number of carbonyl (C=O) groups excluding carboxylic acids is 1. The zero-order chi connectivity index (χ0) is 16.9. The molecule has 24 heavy (non-hydrogen) atoms. The van der Waals surface area contributed by atoms with Gasteiger partial charge in [0, 0.05) is 13.1 Å². The summed E-state index contributed by atoms with van der Waals surface area (Å²) in [7, 11) is 0. The SMILES string of the molecule is C[C@H]1CN(C(=O)NCCOc2ccc(C#N)cc2)C[C@@H](C2CC2)O1. The van der Waals surface area contributed by atoms with E-state index in [9.17, 15) is 4.79 Å². The van der Waals surface area contributed by atoms with E-state index in [1.54, 1.807) is 24.3 Å². The van der Waals surface area contributed by atoms with Crippen LogP contribution in [0.3, 0.4) is 0 Å². The lowest BCUT2D eigenvalue weighted by atomic mass is 10.1. The Balaban J connectivity index is 1.39. The average molecular weight is 329 g/mol. The fourth-order valence-electron chi connectivity index (χ4n) is 2.94. The first-order chi connectivity index (χ1) is 11.7.